The van der Waals surface area contributed by atoms with Gasteiger partial charge in [0.1, 0.15) is 0 Å². The summed E-state index contributed by atoms with van der Waals surface area (Å²) < 4.78 is 11.8. The fraction of sp³-hybridized carbons (Fsp3) is 0. The topological polar surface area (TPSA) is 25.8 Å². The van der Waals surface area contributed by atoms with Crippen molar-refractivity contribution in [2.45, 2.75) is 0 Å². The van der Waals surface area contributed by atoms with E-state index in [4.69, 9.17) is 0 Å². The van der Waals surface area contributed by atoms with Crippen LogP contribution in [0.25, 0.3) is 0 Å². The fourth-order valence-electron chi connectivity index (χ4n) is 0.248. The van der Waals surface area contributed by atoms with Crippen LogP contribution >= 0.6 is 0 Å². The van der Waals surface area contributed by atoms with Crippen LogP contribution in [-0.2, 0) is 0 Å². The van der Waals surface area contributed by atoms with Gasteiger partial charge in [-0.2, -0.15) is 0 Å². The summed E-state index contributed by atoms with van der Waals surface area (Å²) in [5, 5.41) is 0. The minimum absolute atomic E-state index is 0.432. The van der Waals surface area contributed by atoms with E-state index in [9.17, 15) is 4.39 Å². The molecule has 0 saturated carbocycles. The Hall–Kier alpha value is -0.990. The Balaban J connectivity index is 3.02. The van der Waals surface area contributed by atoms with Gasteiger partial charge in [-0.15, -0.1) is 0 Å². The van der Waals surface area contributed by atoms with Crippen molar-refractivity contribution in [3.05, 3.63) is 24.5 Å². The summed E-state index contributed by atoms with van der Waals surface area (Å²) in [5.41, 5.74) is 0. The molecular weight excluding hydrogens is 95.1 g/mol. The van der Waals surface area contributed by atoms with Gasteiger partial charge in [-0.1, -0.05) is 0 Å². The molecule has 3 heteroatoms. The highest BCUT2D eigenvalue weighted by molar-refractivity contribution is 4.79. The highest BCUT2D eigenvalue weighted by Crippen LogP contribution is 1.83. The van der Waals surface area contributed by atoms with Gasteiger partial charge < -0.3 is 0 Å². The molecule has 0 aliphatic heterocycles. The van der Waals surface area contributed by atoms with Gasteiger partial charge >= 0.3 is 0 Å². The van der Waals surface area contributed by atoms with Crippen molar-refractivity contribution in [3.8, 4) is 0 Å². The molecule has 0 atom stereocenters. The van der Waals surface area contributed by atoms with Crippen LogP contribution in [-0.4, -0.2) is 9.97 Å². The molecule has 1 aromatic rings. The van der Waals surface area contributed by atoms with Crippen LogP contribution in [0.2, 0.25) is 0 Å². The molecule has 0 aliphatic carbocycles. The summed E-state index contributed by atoms with van der Waals surface area (Å²) in [5.74, 6) is -0.432. The zero-order valence-electron chi connectivity index (χ0n) is 3.43. The highest BCUT2D eigenvalue weighted by atomic mass is 19.1. The molecule has 7 heavy (non-hydrogen) atoms. The van der Waals surface area contributed by atoms with E-state index in [-0.39, 0.29) is 0 Å². The Morgan fingerprint density at radius 1 is 1.43 bits per heavy atom. The summed E-state index contributed by atoms with van der Waals surface area (Å²) in [7, 11) is 0. The largest absolute Gasteiger partial charge is 0.231 e. The zero-order chi connectivity index (χ0) is 5.11. The predicted molar refractivity (Wildman–Crippen MR) is 20.8 cm³/mol. The summed E-state index contributed by atoms with van der Waals surface area (Å²) in [4.78, 5) is 6.55. The van der Waals surface area contributed by atoms with E-state index in [0.29, 0.717) is 0 Å². The van der Waals surface area contributed by atoms with E-state index in [0.717, 1.165) is 12.4 Å². The number of aromatic nitrogens is 2. The van der Waals surface area contributed by atoms with Crippen LogP contribution in [0.1, 0.15) is 0 Å². The molecule has 0 saturated heterocycles. The Morgan fingerprint density at radius 2 is 2.00 bits per heavy atom. The molecule has 0 aliphatic rings. The maximum absolute atomic E-state index is 11.8. The summed E-state index contributed by atoms with van der Waals surface area (Å²) in [6.45, 7) is 0. The number of nitrogens with zero attached hydrogens (tertiary/aromatic N) is 2. The van der Waals surface area contributed by atoms with Gasteiger partial charge in [-0.25, -0.2) is 14.4 Å². The lowest BCUT2D eigenvalue weighted by molar-refractivity contribution is 0.613. The minimum atomic E-state index is -0.432. The van der Waals surface area contributed by atoms with Gasteiger partial charge in [0.15, 0.2) is 12.1 Å². The quantitative estimate of drug-likeness (QED) is 0.468. The number of halogens is 1. The maximum atomic E-state index is 11.8. The molecule has 0 spiro atoms. The average Bonchev–Trinajstić information content (AvgIpc) is 1.69. The van der Waals surface area contributed by atoms with Crippen LogP contribution in [0.15, 0.2) is 12.4 Å². The van der Waals surface area contributed by atoms with Crippen molar-refractivity contribution in [2.75, 3.05) is 0 Å². The molecule has 2 nitrogen and oxygen atoms in total. The summed E-state index contributed by atoms with van der Waals surface area (Å²) >= 11 is 0. The molecule has 35 valence electrons. The van der Waals surface area contributed by atoms with Crippen LogP contribution in [0.3, 0.4) is 0 Å². The first-order valence-electron chi connectivity index (χ1n) is 1.73. The lowest BCUT2D eigenvalue weighted by atomic mass is 10.7. The molecule has 0 N–H and O–H groups in total. The van der Waals surface area contributed by atoms with Crippen LogP contribution in [0, 0.1) is 12.1 Å². The smallest absolute Gasteiger partial charge is 0.197 e. The first kappa shape index (κ1) is 4.18. The molecule has 1 heterocycles. The van der Waals surface area contributed by atoms with Crippen molar-refractivity contribution in [2.24, 2.45) is 0 Å². The van der Waals surface area contributed by atoms with E-state index in [1.807, 2.05) is 0 Å². The van der Waals surface area contributed by atoms with E-state index < -0.39 is 5.82 Å². The first-order valence-corrected chi connectivity index (χ1v) is 1.73. The van der Waals surface area contributed by atoms with Crippen molar-refractivity contribution in [1.82, 2.24) is 9.97 Å². The molecular formula is C4H2FN2. The Labute approximate surface area is 40.0 Å². The SMILES string of the molecule is Fc1cn[c]nc1. The average molecular weight is 97.1 g/mol. The standard InChI is InChI=1S/C4H2FN2/c5-4-1-6-3-7-2-4/h1-2H. The number of hydrogen-bond acceptors (Lipinski definition) is 2. The van der Waals surface area contributed by atoms with Gasteiger partial charge in [-0.3, -0.25) is 0 Å². The molecule has 1 rings (SSSR count). The molecule has 0 fully saturated rings. The molecule has 0 aromatic carbocycles. The third-order valence-electron chi connectivity index (χ3n) is 0.491. The van der Waals surface area contributed by atoms with Crippen molar-refractivity contribution >= 4 is 0 Å². The van der Waals surface area contributed by atoms with Gasteiger partial charge in [0, 0.05) is 0 Å². The summed E-state index contributed by atoms with van der Waals surface area (Å²) in [6.07, 6.45) is 4.29. The number of rotatable bonds is 0. The third-order valence-corrected chi connectivity index (χ3v) is 0.491. The van der Waals surface area contributed by atoms with E-state index in [1.165, 1.54) is 0 Å². The van der Waals surface area contributed by atoms with Crippen LogP contribution < -0.4 is 0 Å². The highest BCUT2D eigenvalue weighted by Gasteiger charge is 1.80. The molecule has 1 aromatic heterocycles. The Bertz CT molecular complexity index is 140. The second-order valence-corrected chi connectivity index (χ2v) is 1.00. The van der Waals surface area contributed by atoms with Crippen LogP contribution in [0.4, 0.5) is 4.39 Å². The van der Waals surface area contributed by atoms with Gasteiger partial charge in [0.2, 0.25) is 0 Å². The molecule has 1 radical (unpaired) electrons. The normalized spacial score (nSPS) is 8.71. The first-order chi connectivity index (χ1) is 3.39. The lowest BCUT2D eigenvalue weighted by Crippen LogP contribution is -1.77. The van der Waals surface area contributed by atoms with Crippen LogP contribution in [0.5, 0.6) is 0 Å². The lowest BCUT2D eigenvalue weighted by Gasteiger charge is -1.76. The van der Waals surface area contributed by atoms with E-state index in [2.05, 4.69) is 16.3 Å². The van der Waals surface area contributed by atoms with Crippen molar-refractivity contribution < 1.29 is 4.39 Å². The third kappa shape index (κ3) is 0.924. The Morgan fingerprint density at radius 3 is 2.29 bits per heavy atom. The minimum Gasteiger partial charge on any atom is -0.231 e. The number of hydrogen-bond donors (Lipinski definition) is 0. The molecule has 0 amide bonds. The zero-order valence-corrected chi connectivity index (χ0v) is 3.43. The van der Waals surface area contributed by atoms with Gasteiger partial charge in [-0.05, 0) is 0 Å². The predicted octanol–water partition coefficient (Wildman–Crippen LogP) is 0.416. The van der Waals surface area contributed by atoms with Crippen molar-refractivity contribution in [1.29, 1.82) is 0 Å². The van der Waals surface area contributed by atoms with Crippen molar-refractivity contribution in [3.63, 3.8) is 0 Å². The van der Waals surface area contributed by atoms with Gasteiger partial charge in [0.25, 0.3) is 0 Å². The monoisotopic (exact) mass is 97.0 g/mol. The molecule has 0 unspecified atom stereocenters. The summed E-state index contributed by atoms with van der Waals surface area (Å²) in [6, 6.07) is 0. The van der Waals surface area contributed by atoms with Gasteiger partial charge in [0.05, 0.1) is 12.4 Å². The second kappa shape index (κ2) is 1.64. The van der Waals surface area contributed by atoms with E-state index >= 15 is 0 Å². The fourth-order valence-corrected chi connectivity index (χ4v) is 0.248. The maximum Gasteiger partial charge on any atom is 0.197 e. The Kier molecular flexibility index (Phi) is 0.978. The van der Waals surface area contributed by atoms with E-state index in [1.54, 1.807) is 0 Å². The molecule has 0 bridgehead atoms. The second-order valence-electron chi connectivity index (χ2n) is 1.00.